The smallest absolute Gasteiger partial charge is 0.165 e. The zero-order chi connectivity index (χ0) is 20.2. The van der Waals surface area contributed by atoms with Crippen molar-refractivity contribution < 1.29 is 9.47 Å². The Bertz CT molecular complexity index is 1130. The average molecular weight is 455 g/mol. The van der Waals surface area contributed by atoms with Crippen LogP contribution in [0.4, 0.5) is 5.82 Å². The molecule has 148 valence electrons. The molecule has 0 amide bonds. The summed E-state index contributed by atoms with van der Waals surface area (Å²) in [7, 11) is 3.24. The lowest BCUT2D eigenvalue weighted by Crippen LogP contribution is -2.04. The molecule has 3 heterocycles. The van der Waals surface area contributed by atoms with E-state index in [2.05, 4.69) is 41.2 Å². The van der Waals surface area contributed by atoms with Crippen LogP contribution < -0.4 is 14.8 Å². The predicted molar refractivity (Wildman–Crippen MR) is 113 cm³/mol. The molecule has 0 radical (unpaired) electrons. The van der Waals surface area contributed by atoms with Crippen LogP contribution in [0.1, 0.15) is 11.1 Å². The third kappa shape index (κ3) is 4.00. The number of hydrogen-bond donors (Lipinski definition) is 1. The molecule has 0 unspecified atom stereocenters. The first-order valence-electron chi connectivity index (χ1n) is 8.88. The van der Waals surface area contributed by atoms with E-state index in [0.717, 1.165) is 21.2 Å². The molecule has 3 aromatic heterocycles. The summed E-state index contributed by atoms with van der Waals surface area (Å²) in [5, 5.41) is 3.31. The van der Waals surface area contributed by atoms with E-state index in [0.29, 0.717) is 35.9 Å². The van der Waals surface area contributed by atoms with Crippen LogP contribution in [0.2, 0.25) is 0 Å². The van der Waals surface area contributed by atoms with E-state index in [4.69, 9.17) is 9.47 Å². The van der Waals surface area contributed by atoms with Crippen LogP contribution in [0.3, 0.4) is 0 Å². The number of methoxy groups -OCH3 is 2. The Morgan fingerprint density at radius 1 is 1.10 bits per heavy atom. The first-order valence-corrected chi connectivity index (χ1v) is 9.68. The molecule has 4 aromatic rings. The van der Waals surface area contributed by atoms with Crippen molar-refractivity contribution >= 4 is 32.9 Å². The van der Waals surface area contributed by atoms with E-state index >= 15 is 0 Å². The molecule has 4 rings (SSSR count). The number of fused-ring (bicyclic) bond motifs is 1. The molecule has 0 fully saturated rings. The number of hydrogen-bond acceptors (Lipinski definition) is 7. The van der Waals surface area contributed by atoms with Crippen molar-refractivity contribution in [2.45, 2.75) is 13.1 Å². The van der Waals surface area contributed by atoms with Crippen molar-refractivity contribution in [1.82, 2.24) is 24.5 Å². The molecule has 0 spiro atoms. The summed E-state index contributed by atoms with van der Waals surface area (Å²) in [6.07, 6.45) is 6.87. The lowest BCUT2D eigenvalue weighted by Gasteiger charge is -2.12. The first-order chi connectivity index (χ1) is 14.2. The van der Waals surface area contributed by atoms with Crippen LogP contribution in [0.5, 0.6) is 11.5 Å². The number of imidazole rings is 1. The lowest BCUT2D eigenvalue weighted by molar-refractivity contribution is 0.354. The summed E-state index contributed by atoms with van der Waals surface area (Å²) in [5.41, 5.74) is 3.54. The van der Waals surface area contributed by atoms with Gasteiger partial charge in [-0.2, -0.15) is 0 Å². The Balaban J connectivity index is 1.61. The molecule has 8 nitrogen and oxygen atoms in total. The maximum Gasteiger partial charge on any atom is 0.165 e. The van der Waals surface area contributed by atoms with Crippen LogP contribution in [0, 0.1) is 0 Å². The molecular formula is C20H19BrN6O2. The normalized spacial score (nSPS) is 10.9. The van der Waals surface area contributed by atoms with E-state index in [1.807, 2.05) is 35.0 Å². The Hall–Kier alpha value is -3.20. The zero-order valence-corrected chi connectivity index (χ0v) is 17.5. The van der Waals surface area contributed by atoms with Crippen molar-refractivity contribution in [1.29, 1.82) is 0 Å². The minimum absolute atomic E-state index is 0.566. The van der Waals surface area contributed by atoms with Gasteiger partial charge in [-0.15, -0.1) is 0 Å². The van der Waals surface area contributed by atoms with Crippen molar-refractivity contribution in [2.24, 2.45) is 0 Å². The quantitative estimate of drug-likeness (QED) is 0.455. The fourth-order valence-electron chi connectivity index (χ4n) is 3.02. The molecule has 9 heteroatoms. The highest BCUT2D eigenvalue weighted by Crippen LogP contribution is 2.34. The van der Waals surface area contributed by atoms with Gasteiger partial charge in [0.1, 0.15) is 11.8 Å². The van der Waals surface area contributed by atoms with Crippen LogP contribution in [0.25, 0.3) is 11.2 Å². The molecule has 1 aromatic carbocycles. The fourth-order valence-corrected chi connectivity index (χ4v) is 3.46. The topological polar surface area (TPSA) is 87.0 Å². The summed E-state index contributed by atoms with van der Waals surface area (Å²) in [5.74, 6) is 2.02. The molecule has 1 N–H and O–H groups in total. The van der Waals surface area contributed by atoms with Gasteiger partial charge in [0.15, 0.2) is 23.0 Å². The van der Waals surface area contributed by atoms with Gasteiger partial charge in [-0.3, -0.25) is 4.98 Å². The van der Waals surface area contributed by atoms with Crippen molar-refractivity contribution in [3.05, 3.63) is 64.9 Å². The Kier molecular flexibility index (Phi) is 5.57. The van der Waals surface area contributed by atoms with Gasteiger partial charge in [0.25, 0.3) is 0 Å². The van der Waals surface area contributed by atoms with Crippen molar-refractivity contribution in [3.8, 4) is 11.5 Å². The average Bonchev–Trinajstić information content (AvgIpc) is 3.17. The van der Waals surface area contributed by atoms with Gasteiger partial charge < -0.3 is 19.4 Å². The molecule has 0 saturated carbocycles. The fraction of sp³-hybridized carbons (Fsp3) is 0.200. The third-order valence-electron chi connectivity index (χ3n) is 4.48. The zero-order valence-electron chi connectivity index (χ0n) is 16.0. The molecule has 0 bridgehead atoms. The van der Waals surface area contributed by atoms with Crippen molar-refractivity contribution in [3.63, 3.8) is 0 Å². The second-order valence-corrected chi connectivity index (χ2v) is 7.13. The Morgan fingerprint density at radius 3 is 2.69 bits per heavy atom. The van der Waals surface area contributed by atoms with Gasteiger partial charge in [-0.25, -0.2) is 15.0 Å². The number of benzene rings is 1. The largest absolute Gasteiger partial charge is 0.493 e. The van der Waals surface area contributed by atoms with Gasteiger partial charge in [-0.1, -0.05) is 22.0 Å². The SMILES string of the molecule is COc1cc(Br)c(Cn2cnc3c(NCc4cccnc4)ncnc32)cc1OC. The highest BCUT2D eigenvalue weighted by molar-refractivity contribution is 9.10. The molecule has 0 atom stereocenters. The van der Waals surface area contributed by atoms with E-state index in [9.17, 15) is 0 Å². The molecule has 29 heavy (non-hydrogen) atoms. The van der Waals surface area contributed by atoms with E-state index in [-0.39, 0.29) is 0 Å². The number of pyridine rings is 1. The summed E-state index contributed by atoms with van der Waals surface area (Å²) in [6.45, 7) is 1.17. The van der Waals surface area contributed by atoms with Crippen LogP contribution in [0.15, 0.2) is 53.8 Å². The maximum atomic E-state index is 5.42. The first kappa shape index (κ1) is 19.1. The number of nitrogens with zero attached hydrogens (tertiary/aromatic N) is 5. The van der Waals surface area contributed by atoms with Crippen molar-refractivity contribution in [2.75, 3.05) is 19.5 Å². The van der Waals surface area contributed by atoms with Gasteiger partial charge >= 0.3 is 0 Å². The summed E-state index contributed by atoms with van der Waals surface area (Å²) in [4.78, 5) is 17.4. The maximum absolute atomic E-state index is 5.42. The summed E-state index contributed by atoms with van der Waals surface area (Å²) in [6, 6.07) is 7.74. The van der Waals surface area contributed by atoms with Crippen LogP contribution in [-0.2, 0) is 13.1 Å². The highest BCUT2D eigenvalue weighted by Gasteiger charge is 2.14. The number of aromatic nitrogens is 5. The third-order valence-corrected chi connectivity index (χ3v) is 5.22. The summed E-state index contributed by atoms with van der Waals surface area (Å²) < 4.78 is 13.7. The number of anilines is 1. The Labute approximate surface area is 176 Å². The number of halogens is 1. The van der Waals surface area contributed by atoms with Crippen LogP contribution in [-0.4, -0.2) is 38.7 Å². The standard InChI is InChI=1S/C20H19BrN6O2/c1-28-16-6-14(15(21)7-17(16)29-2)10-27-12-26-18-19(24-11-25-20(18)27)23-9-13-4-3-5-22-8-13/h3-8,11-12H,9-10H2,1-2H3,(H,23,24,25). The second kappa shape index (κ2) is 8.44. The van der Waals surface area contributed by atoms with Gasteiger partial charge in [-0.05, 0) is 29.3 Å². The number of nitrogens with one attached hydrogen (secondary N) is 1. The van der Waals surface area contributed by atoms with Gasteiger partial charge in [0.05, 0.1) is 27.1 Å². The van der Waals surface area contributed by atoms with Gasteiger partial charge in [0.2, 0.25) is 0 Å². The van der Waals surface area contributed by atoms with E-state index < -0.39 is 0 Å². The predicted octanol–water partition coefficient (Wildman–Crippen LogP) is 3.66. The minimum atomic E-state index is 0.566. The lowest BCUT2D eigenvalue weighted by atomic mass is 10.2. The summed E-state index contributed by atoms with van der Waals surface area (Å²) >= 11 is 3.61. The van der Waals surface area contributed by atoms with Gasteiger partial charge in [0, 0.05) is 23.4 Å². The number of ether oxygens (including phenoxy) is 2. The highest BCUT2D eigenvalue weighted by atomic mass is 79.9. The van der Waals surface area contributed by atoms with E-state index in [1.54, 1.807) is 26.7 Å². The molecule has 0 saturated heterocycles. The molecule has 0 aliphatic rings. The molecular weight excluding hydrogens is 436 g/mol. The second-order valence-electron chi connectivity index (χ2n) is 6.28. The molecule has 0 aliphatic heterocycles. The monoisotopic (exact) mass is 454 g/mol. The number of rotatable bonds is 7. The van der Waals surface area contributed by atoms with E-state index in [1.165, 1.54) is 6.33 Å². The Morgan fingerprint density at radius 2 is 1.93 bits per heavy atom. The minimum Gasteiger partial charge on any atom is -0.493 e. The van der Waals surface area contributed by atoms with Crippen LogP contribution >= 0.6 is 15.9 Å². The molecule has 0 aliphatic carbocycles.